The summed E-state index contributed by atoms with van der Waals surface area (Å²) in [5.74, 6) is -2.01. The summed E-state index contributed by atoms with van der Waals surface area (Å²) >= 11 is 1.29. The average Bonchev–Trinajstić information content (AvgIpc) is 2.89. The van der Waals surface area contributed by atoms with Crippen LogP contribution in [0.5, 0.6) is 0 Å². The number of nitrogens with one attached hydrogen (secondary N) is 1. The van der Waals surface area contributed by atoms with E-state index < -0.39 is 27.3 Å². The van der Waals surface area contributed by atoms with Gasteiger partial charge in [-0.1, -0.05) is 18.2 Å². The molecule has 0 fully saturated rings. The summed E-state index contributed by atoms with van der Waals surface area (Å²) in [6.45, 7) is -0.0439. The van der Waals surface area contributed by atoms with E-state index in [-0.39, 0.29) is 12.3 Å². The Morgan fingerprint density at radius 3 is 2.76 bits per heavy atom. The molecule has 0 aliphatic carbocycles. The minimum Gasteiger partial charge on any atom is -0.351 e. The molecule has 0 spiro atoms. The monoisotopic (exact) mass is 328 g/mol. The lowest BCUT2D eigenvalue weighted by Crippen LogP contribution is -2.30. The van der Waals surface area contributed by atoms with Gasteiger partial charge in [0.15, 0.2) is 9.84 Å². The van der Waals surface area contributed by atoms with Gasteiger partial charge in [0.05, 0.1) is 17.0 Å². The lowest BCUT2D eigenvalue weighted by atomic mass is 10.2. The standard InChI is InChI=1S/C13H13FN2O3S2/c14-12-4-2-1-3-10(12)5-15-13(17)8-21(18,19)7-11-6-20-9-16-11/h1-4,6,9H,5,7-8H2,(H,15,17). The molecule has 112 valence electrons. The first-order chi connectivity index (χ1) is 9.96. The molecule has 21 heavy (non-hydrogen) atoms. The Balaban J connectivity index is 1.88. The van der Waals surface area contributed by atoms with Gasteiger partial charge in [0, 0.05) is 17.5 Å². The molecule has 1 amide bonds. The highest BCUT2D eigenvalue weighted by atomic mass is 32.2. The molecule has 1 aromatic carbocycles. The SMILES string of the molecule is O=C(CS(=O)(=O)Cc1cscn1)NCc1ccccc1F. The van der Waals surface area contributed by atoms with Crippen LogP contribution in [0.25, 0.3) is 0 Å². The number of carbonyl (C=O) groups is 1. The molecule has 1 heterocycles. The fourth-order valence-electron chi connectivity index (χ4n) is 1.67. The maximum absolute atomic E-state index is 13.4. The molecule has 0 saturated carbocycles. The van der Waals surface area contributed by atoms with Crippen molar-refractivity contribution in [3.8, 4) is 0 Å². The highest BCUT2D eigenvalue weighted by Gasteiger charge is 2.18. The number of sulfone groups is 1. The highest BCUT2D eigenvalue weighted by molar-refractivity contribution is 7.91. The second-order valence-electron chi connectivity index (χ2n) is 4.38. The molecule has 0 saturated heterocycles. The molecule has 0 radical (unpaired) electrons. The lowest BCUT2D eigenvalue weighted by molar-refractivity contribution is -0.118. The molecule has 5 nitrogen and oxygen atoms in total. The van der Waals surface area contributed by atoms with Crippen LogP contribution in [0.1, 0.15) is 11.3 Å². The second-order valence-corrected chi connectivity index (χ2v) is 7.16. The third kappa shape index (κ3) is 4.91. The fourth-order valence-corrected chi connectivity index (χ4v) is 3.55. The van der Waals surface area contributed by atoms with Crippen molar-refractivity contribution in [2.24, 2.45) is 0 Å². The summed E-state index contributed by atoms with van der Waals surface area (Å²) in [5, 5.41) is 4.02. The van der Waals surface area contributed by atoms with E-state index in [9.17, 15) is 17.6 Å². The van der Waals surface area contributed by atoms with Gasteiger partial charge in [0.25, 0.3) is 0 Å². The van der Waals surface area contributed by atoms with Crippen LogP contribution < -0.4 is 5.32 Å². The zero-order valence-electron chi connectivity index (χ0n) is 11.0. The van der Waals surface area contributed by atoms with Crippen molar-refractivity contribution in [2.45, 2.75) is 12.3 Å². The van der Waals surface area contributed by atoms with Gasteiger partial charge in [0.2, 0.25) is 5.91 Å². The van der Waals surface area contributed by atoms with E-state index in [2.05, 4.69) is 10.3 Å². The minimum atomic E-state index is -3.58. The van der Waals surface area contributed by atoms with Crippen molar-refractivity contribution in [3.05, 3.63) is 52.2 Å². The maximum atomic E-state index is 13.4. The largest absolute Gasteiger partial charge is 0.351 e. The summed E-state index contributed by atoms with van der Waals surface area (Å²) in [6.07, 6.45) is 0. The van der Waals surface area contributed by atoms with E-state index in [1.165, 1.54) is 29.0 Å². The number of halogens is 1. The molecular formula is C13H13FN2O3S2. The normalized spacial score (nSPS) is 11.3. The van der Waals surface area contributed by atoms with Gasteiger partial charge in [0.1, 0.15) is 11.6 Å². The number of rotatable bonds is 6. The van der Waals surface area contributed by atoms with Crippen molar-refractivity contribution >= 4 is 27.1 Å². The number of hydrogen-bond acceptors (Lipinski definition) is 5. The second kappa shape index (κ2) is 6.77. The summed E-state index contributed by atoms with van der Waals surface area (Å²) < 4.78 is 37.0. The highest BCUT2D eigenvalue weighted by Crippen LogP contribution is 2.08. The van der Waals surface area contributed by atoms with Crippen LogP contribution in [-0.4, -0.2) is 25.1 Å². The van der Waals surface area contributed by atoms with Crippen molar-refractivity contribution in [1.82, 2.24) is 10.3 Å². The smallest absolute Gasteiger partial charge is 0.235 e. The fraction of sp³-hybridized carbons (Fsp3) is 0.231. The minimum absolute atomic E-state index is 0.0439. The van der Waals surface area contributed by atoms with Crippen molar-refractivity contribution < 1.29 is 17.6 Å². The molecule has 2 aromatic rings. The first-order valence-corrected chi connectivity index (χ1v) is 8.80. The molecule has 0 atom stereocenters. The van der Waals surface area contributed by atoms with Gasteiger partial charge in [-0.05, 0) is 6.07 Å². The van der Waals surface area contributed by atoms with E-state index in [1.807, 2.05) is 0 Å². The van der Waals surface area contributed by atoms with Crippen LogP contribution in [0.15, 0.2) is 35.2 Å². The zero-order valence-corrected chi connectivity index (χ0v) is 12.6. The average molecular weight is 328 g/mol. The number of amides is 1. The molecule has 8 heteroatoms. The molecule has 0 aliphatic rings. The third-order valence-electron chi connectivity index (χ3n) is 2.64. The molecule has 2 rings (SSSR count). The Morgan fingerprint density at radius 1 is 1.33 bits per heavy atom. The van der Waals surface area contributed by atoms with Crippen LogP contribution in [0, 0.1) is 5.82 Å². The van der Waals surface area contributed by atoms with E-state index in [0.29, 0.717) is 11.3 Å². The predicted octanol–water partition coefficient (Wildman–Crippen LogP) is 1.51. The van der Waals surface area contributed by atoms with Crippen molar-refractivity contribution in [1.29, 1.82) is 0 Å². The van der Waals surface area contributed by atoms with Crippen LogP contribution >= 0.6 is 11.3 Å². The number of benzene rings is 1. The molecule has 0 aliphatic heterocycles. The summed E-state index contributed by atoms with van der Waals surface area (Å²) in [6, 6.07) is 5.99. The van der Waals surface area contributed by atoms with Crippen LogP contribution in [0.4, 0.5) is 4.39 Å². The molecular weight excluding hydrogens is 315 g/mol. The number of carbonyl (C=O) groups excluding carboxylic acids is 1. The van der Waals surface area contributed by atoms with Gasteiger partial charge in [-0.2, -0.15) is 0 Å². The van der Waals surface area contributed by atoms with Crippen molar-refractivity contribution in [3.63, 3.8) is 0 Å². The Kier molecular flexibility index (Phi) is 5.03. The molecule has 1 N–H and O–H groups in total. The van der Waals surface area contributed by atoms with Gasteiger partial charge in [-0.15, -0.1) is 11.3 Å². The Hall–Kier alpha value is -1.80. The molecule has 0 unspecified atom stereocenters. The first-order valence-electron chi connectivity index (χ1n) is 6.04. The number of aromatic nitrogens is 1. The summed E-state index contributed by atoms with van der Waals surface area (Å²) in [7, 11) is -3.58. The van der Waals surface area contributed by atoms with Crippen LogP contribution in [0.2, 0.25) is 0 Å². The van der Waals surface area contributed by atoms with Gasteiger partial charge in [-0.3, -0.25) is 4.79 Å². The van der Waals surface area contributed by atoms with Gasteiger partial charge < -0.3 is 5.32 Å². The lowest BCUT2D eigenvalue weighted by Gasteiger charge is -2.06. The van der Waals surface area contributed by atoms with Gasteiger partial charge in [-0.25, -0.2) is 17.8 Å². The van der Waals surface area contributed by atoms with Crippen LogP contribution in [0.3, 0.4) is 0 Å². The Bertz CT molecular complexity index is 715. The summed E-state index contributed by atoms with van der Waals surface area (Å²) in [5.41, 5.74) is 2.26. The predicted molar refractivity (Wildman–Crippen MR) is 77.9 cm³/mol. The maximum Gasteiger partial charge on any atom is 0.235 e. The summed E-state index contributed by atoms with van der Waals surface area (Å²) in [4.78, 5) is 15.5. The van der Waals surface area contributed by atoms with Crippen LogP contribution in [-0.2, 0) is 26.9 Å². The third-order valence-corrected chi connectivity index (χ3v) is 4.71. The number of hydrogen-bond donors (Lipinski definition) is 1. The van der Waals surface area contributed by atoms with Crippen molar-refractivity contribution in [2.75, 3.05) is 5.75 Å². The molecule has 0 bridgehead atoms. The van der Waals surface area contributed by atoms with E-state index in [1.54, 1.807) is 17.5 Å². The quantitative estimate of drug-likeness (QED) is 0.872. The van der Waals surface area contributed by atoms with E-state index >= 15 is 0 Å². The first kappa shape index (κ1) is 15.6. The molecule has 1 aromatic heterocycles. The Labute approximate surface area is 125 Å². The zero-order chi connectivity index (χ0) is 15.3. The van der Waals surface area contributed by atoms with E-state index in [0.717, 1.165) is 0 Å². The van der Waals surface area contributed by atoms with Gasteiger partial charge >= 0.3 is 0 Å². The Morgan fingerprint density at radius 2 is 2.10 bits per heavy atom. The number of nitrogens with zero attached hydrogens (tertiary/aromatic N) is 1. The number of thiazole rings is 1. The van der Waals surface area contributed by atoms with E-state index in [4.69, 9.17) is 0 Å². The topological polar surface area (TPSA) is 76.1 Å².